The normalized spacial score (nSPS) is 11.5. The van der Waals surface area contributed by atoms with Gasteiger partial charge < -0.3 is 10.1 Å². The van der Waals surface area contributed by atoms with E-state index >= 15 is 0 Å². The highest BCUT2D eigenvalue weighted by Crippen LogP contribution is 2.36. The van der Waals surface area contributed by atoms with Crippen LogP contribution in [-0.2, 0) is 0 Å². The van der Waals surface area contributed by atoms with Gasteiger partial charge in [0.05, 0.1) is 18.3 Å². The lowest BCUT2D eigenvalue weighted by molar-refractivity contribution is -0.0886. The minimum atomic E-state index is -5.00. The molecular weight excluding hydrogens is 309 g/mol. The summed E-state index contributed by atoms with van der Waals surface area (Å²) in [5.41, 5.74) is 0.0000935. The molecule has 0 aliphatic heterocycles. The van der Waals surface area contributed by atoms with Crippen LogP contribution in [0.25, 0.3) is 10.9 Å². The number of hydrogen-bond acceptors (Lipinski definition) is 4. The summed E-state index contributed by atoms with van der Waals surface area (Å²) in [5, 5.41) is 3.40. The number of methoxy groups -OCH3 is 1. The first-order valence-corrected chi connectivity index (χ1v) is 7.22. The van der Waals surface area contributed by atoms with Crippen LogP contribution in [0, 0.1) is 0 Å². The number of pyridine rings is 1. The molecule has 2 aromatic rings. The zero-order chi connectivity index (χ0) is 17.0. The van der Waals surface area contributed by atoms with Crippen molar-refractivity contribution in [2.75, 3.05) is 19.0 Å². The number of carbonyl (C=O) groups is 1. The van der Waals surface area contributed by atoms with Crippen LogP contribution in [0.2, 0.25) is 0 Å². The van der Waals surface area contributed by atoms with Crippen LogP contribution in [-0.4, -0.2) is 30.6 Å². The summed E-state index contributed by atoms with van der Waals surface area (Å²) in [6, 6.07) is 6.69. The molecule has 0 unspecified atom stereocenters. The lowest BCUT2D eigenvalue weighted by atomic mass is 10.0. The lowest BCUT2D eigenvalue weighted by Gasteiger charge is -2.17. The molecule has 0 spiro atoms. The number of nitrogens with zero attached hydrogens (tertiary/aromatic N) is 1. The summed E-state index contributed by atoms with van der Waals surface area (Å²) < 4.78 is 43.8. The Labute approximate surface area is 131 Å². The fourth-order valence-corrected chi connectivity index (χ4v) is 2.26. The first-order chi connectivity index (χ1) is 10.9. The number of aromatic nitrogens is 1. The standard InChI is InChI=1S/C16H17F3N2O2/c1-3-4-9-20-13-10-7-5-6-8-11(10)21-15(23-2)12(13)14(22)16(17,18)19/h5-8H,3-4,9H2,1-2H3,(H,20,21). The minimum absolute atomic E-state index is 0.114. The van der Waals surface area contributed by atoms with Crippen LogP contribution in [0.15, 0.2) is 24.3 Å². The van der Waals surface area contributed by atoms with Gasteiger partial charge in [0, 0.05) is 11.9 Å². The maximum absolute atomic E-state index is 13.0. The van der Waals surface area contributed by atoms with E-state index in [2.05, 4.69) is 10.3 Å². The smallest absolute Gasteiger partial charge is 0.455 e. The molecule has 4 nitrogen and oxygen atoms in total. The van der Waals surface area contributed by atoms with Gasteiger partial charge in [-0.2, -0.15) is 13.2 Å². The van der Waals surface area contributed by atoms with Crippen molar-refractivity contribution in [3.8, 4) is 5.88 Å². The van der Waals surface area contributed by atoms with Gasteiger partial charge in [-0.25, -0.2) is 4.98 Å². The van der Waals surface area contributed by atoms with Crippen LogP contribution in [0.5, 0.6) is 5.88 Å². The van der Waals surface area contributed by atoms with E-state index in [1.165, 1.54) is 7.11 Å². The number of nitrogens with one attached hydrogen (secondary N) is 1. The van der Waals surface area contributed by atoms with E-state index in [1.807, 2.05) is 6.92 Å². The predicted molar refractivity (Wildman–Crippen MR) is 82.1 cm³/mol. The summed E-state index contributed by atoms with van der Waals surface area (Å²) in [4.78, 5) is 15.9. The number of alkyl halides is 3. The molecule has 0 aliphatic carbocycles. The van der Waals surface area contributed by atoms with E-state index in [0.717, 1.165) is 12.8 Å². The van der Waals surface area contributed by atoms with E-state index in [9.17, 15) is 18.0 Å². The molecule has 0 amide bonds. The Morgan fingerprint density at radius 1 is 1.30 bits per heavy atom. The van der Waals surface area contributed by atoms with Gasteiger partial charge in [0.2, 0.25) is 5.88 Å². The number of halogens is 3. The molecule has 1 aromatic carbocycles. The number of anilines is 1. The molecule has 0 fully saturated rings. The van der Waals surface area contributed by atoms with Gasteiger partial charge in [0.25, 0.3) is 5.78 Å². The fourth-order valence-electron chi connectivity index (χ4n) is 2.26. The highest BCUT2D eigenvalue weighted by atomic mass is 19.4. The number of unbranched alkanes of at least 4 members (excludes halogenated alkanes) is 1. The van der Waals surface area contributed by atoms with Gasteiger partial charge >= 0.3 is 6.18 Å². The maximum atomic E-state index is 13.0. The average molecular weight is 326 g/mol. The molecule has 0 radical (unpaired) electrons. The van der Waals surface area contributed by atoms with Gasteiger partial charge in [-0.3, -0.25) is 4.79 Å². The van der Waals surface area contributed by atoms with Crippen LogP contribution >= 0.6 is 0 Å². The van der Waals surface area contributed by atoms with Crippen molar-refractivity contribution < 1.29 is 22.7 Å². The van der Waals surface area contributed by atoms with E-state index in [4.69, 9.17) is 4.74 Å². The van der Waals surface area contributed by atoms with E-state index in [-0.39, 0.29) is 11.6 Å². The Morgan fingerprint density at radius 2 is 2.00 bits per heavy atom. The number of para-hydroxylation sites is 1. The third-order valence-electron chi connectivity index (χ3n) is 3.37. The first kappa shape index (κ1) is 17.1. The van der Waals surface area contributed by atoms with Crippen LogP contribution in [0.3, 0.4) is 0 Å². The van der Waals surface area contributed by atoms with Gasteiger partial charge in [0.1, 0.15) is 5.56 Å². The zero-order valence-electron chi connectivity index (χ0n) is 12.8. The Kier molecular flexibility index (Phi) is 5.08. The van der Waals surface area contributed by atoms with Crippen LogP contribution < -0.4 is 10.1 Å². The molecule has 1 heterocycles. The monoisotopic (exact) mass is 326 g/mol. The molecule has 0 bridgehead atoms. The third-order valence-corrected chi connectivity index (χ3v) is 3.37. The van der Waals surface area contributed by atoms with Crippen molar-refractivity contribution >= 4 is 22.4 Å². The Hall–Kier alpha value is -2.31. The highest BCUT2D eigenvalue weighted by Gasteiger charge is 2.43. The summed E-state index contributed by atoms with van der Waals surface area (Å²) in [6.45, 7) is 2.42. The highest BCUT2D eigenvalue weighted by molar-refractivity contribution is 6.12. The third kappa shape index (κ3) is 3.55. The fraction of sp³-hybridized carbons (Fsp3) is 0.375. The second-order valence-electron chi connectivity index (χ2n) is 5.00. The van der Waals surface area contributed by atoms with Crippen LogP contribution in [0.1, 0.15) is 30.1 Å². The minimum Gasteiger partial charge on any atom is -0.480 e. The molecule has 1 aromatic heterocycles. The topological polar surface area (TPSA) is 51.2 Å². The van der Waals surface area contributed by atoms with Gasteiger partial charge in [0.15, 0.2) is 0 Å². The summed E-state index contributed by atoms with van der Waals surface area (Å²) >= 11 is 0. The molecule has 0 saturated heterocycles. The Balaban J connectivity index is 2.69. The molecule has 7 heteroatoms. The van der Waals surface area contributed by atoms with Crippen molar-refractivity contribution in [2.24, 2.45) is 0 Å². The zero-order valence-corrected chi connectivity index (χ0v) is 12.8. The van der Waals surface area contributed by atoms with Crippen molar-refractivity contribution in [3.63, 3.8) is 0 Å². The molecule has 124 valence electrons. The molecule has 1 N–H and O–H groups in total. The first-order valence-electron chi connectivity index (χ1n) is 7.22. The lowest BCUT2D eigenvalue weighted by Crippen LogP contribution is -2.25. The summed E-state index contributed by atoms with van der Waals surface area (Å²) in [7, 11) is 1.19. The Morgan fingerprint density at radius 3 is 2.61 bits per heavy atom. The van der Waals surface area contributed by atoms with Crippen molar-refractivity contribution in [1.29, 1.82) is 0 Å². The quantitative estimate of drug-likeness (QED) is 0.638. The predicted octanol–water partition coefficient (Wildman–Crippen LogP) is 4.20. The van der Waals surface area contributed by atoms with E-state index in [1.54, 1.807) is 24.3 Å². The second-order valence-corrected chi connectivity index (χ2v) is 5.00. The molecule has 23 heavy (non-hydrogen) atoms. The van der Waals surface area contributed by atoms with Crippen molar-refractivity contribution in [2.45, 2.75) is 25.9 Å². The molecule has 2 rings (SSSR count). The van der Waals surface area contributed by atoms with Gasteiger partial charge in [-0.15, -0.1) is 0 Å². The van der Waals surface area contributed by atoms with Crippen molar-refractivity contribution in [3.05, 3.63) is 29.8 Å². The molecule has 0 atom stereocenters. The second kappa shape index (κ2) is 6.85. The number of ether oxygens (including phenoxy) is 1. The number of rotatable bonds is 6. The number of benzene rings is 1. The van der Waals surface area contributed by atoms with Crippen LogP contribution in [0.4, 0.5) is 18.9 Å². The Bertz CT molecular complexity index is 714. The summed E-state index contributed by atoms with van der Waals surface area (Å²) in [5.74, 6) is -2.29. The maximum Gasteiger partial charge on any atom is 0.455 e. The van der Waals surface area contributed by atoms with E-state index < -0.39 is 17.5 Å². The summed E-state index contributed by atoms with van der Waals surface area (Å²) in [6.07, 6.45) is -3.37. The SMILES string of the molecule is CCCCNc1c(C(=O)C(F)(F)F)c(OC)nc2ccccc12. The van der Waals surface area contributed by atoms with E-state index in [0.29, 0.717) is 17.4 Å². The number of ketones is 1. The molecule has 0 aliphatic rings. The van der Waals surface area contributed by atoms with Crippen molar-refractivity contribution in [1.82, 2.24) is 4.98 Å². The van der Waals surface area contributed by atoms with Gasteiger partial charge in [-0.1, -0.05) is 31.5 Å². The number of fused-ring (bicyclic) bond motifs is 1. The number of Topliss-reactive ketones (excluding diaryl/α,β-unsaturated/α-hetero) is 1. The van der Waals surface area contributed by atoms with Gasteiger partial charge in [-0.05, 0) is 12.5 Å². The number of hydrogen-bond donors (Lipinski definition) is 1. The average Bonchev–Trinajstić information content (AvgIpc) is 2.52. The molecular formula is C16H17F3N2O2. The molecule has 0 saturated carbocycles. The number of carbonyl (C=O) groups excluding carboxylic acids is 1. The largest absolute Gasteiger partial charge is 0.480 e.